The number of rotatable bonds is 6. The van der Waals surface area contributed by atoms with Crippen LogP contribution in [0.1, 0.15) is 12.0 Å². The van der Waals surface area contributed by atoms with E-state index >= 15 is 0 Å². The van der Waals surface area contributed by atoms with Crippen LogP contribution in [-0.4, -0.2) is 43.5 Å². The Hall–Kier alpha value is -1.51. The summed E-state index contributed by atoms with van der Waals surface area (Å²) in [6.07, 6.45) is -0.525. The summed E-state index contributed by atoms with van der Waals surface area (Å²) in [7, 11) is 0. The van der Waals surface area contributed by atoms with Gasteiger partial charge in [0, 0.05) is 19.1 Å². The van der Waals surface area contributed by atoms with Gasteiger partial charge in [0.15, 0.2) is 0 Å². The van der Waals surface area contributed by atoms with Crippen molar-refractivity contribution in [2.75, 3.05) is 26.2 Å². The van der Waals surface area contributed by atoms with Crippen LogP contribution in [0, 0.1) is 17.2 Å². The molecule has 0 saturated carbocycles. The zero-order chi connectivity index (χ0) is 15.1. The number of benzene rings is 1. The molecule has 0 aromatic heterocycles. The van der Waals surface area contributed by atoms with E-state index < -0.39 is 6.43 Å². The summed E-state index contributed by atoms with van der Waals surface area (Å²) in [5.74, 6) is 0.393. The molecule has 21 heavy (non-hydrogen) atoms. The number of alkyl halides is 2. The lowest BCUT2D eigenvalue weighted by Gasteiger charge is -2.37. The van der Waals surface area contributed by atoms with Gasteiger partial charge < -0.3 is 5.32 Å². The standard InChI is InChI=1S/C16H21F2N3/c17-16(18)10-20-15-9-14(11-21(12-15)7-6-19)8-13-4-2-1-3-5-13/h1-5,14-16,20H,7-12H2. The maximum atomic E-state index is 12.4. The van der Waals surface area contributed by atoms with Crippen molar-refractivity contribution in [3.63, 3.8) is 0 Å². The van der Waals surface area contributed by atoms with Crippen molar-refractivity contribution >= 4 is 0 Å². The van der Waals surface area contributed by atoms with Gasteiger partial charge in [-0.25, -0.2) is 8.78 Å². The molecule has 0 bridgehead atoms. The van der Waals surface area contributed by atoms with E-state index in [4.69, 9.17) is 5.26 Å². The minimum atomic E-state index is -2.33. The largest absolute Gasteiger partial charge is 0.307 e. The molecule has 0 radical (unpaired) electrons. The molecule has 5 heteroatoms. The number of nitrogens with zero attached hydrogens (tertiary/aromatic N) is 2. The summed E-state index contributed by atoms with van der Waals surface area (Å²) in [6, 6.07) is 12.4. The molecule has 3 nitrogen and oxygen atoms in total. The first-order valence-electron chi connectivity index (χ1n) is 7.32. The van der Waals surface area contributed by atoms with Crippen molar-refractivity contribution in [2.45, 2.75) is 25.3 Å². The summed E-state index contributed by atoms with van der Waals surface area (Å²) in [5, 5.41) is 11.8. The Kier molecular flexibility index (Phi) is 6.09. The lowest BCUT2D eigenvalue weighted by molar-refractivity contribution is 0.114. The minimum absolute atomic E-state index is 0.0369. The van der Waals surface area contributed by atoms with Crippen molar-refractivity contribution in [3.05, 3.63) is 35.9 Å². The Bertz CT molecular complexity index is 458. The zero-order valence-corrected chi connectivity index (χ0v) is 12.0. The molecule has 0 aliphatic carbocycles. The lowest BCUT2D eigenvalue weighted by Crippen LogP contribution is -2.50. The predicted molar refractivity (Wildman–Crippen MR) is 78.1 cm³/mol. The summed E-state index contributed by atoms with van der Waals surface area (Å²) in [4.78, 5) is 2.06. The van der Waals surface area contributed by atoms with Crippen LogP contribution in [0.2, 0.25) is 0 Å². The van der Waals surface area contributed by atoms with E-state index in [1.54, 1.807) is 0 Å². The van der Waals surface area contributed by atoms with E-state index in [-0.39, 0.29) is 12.6 Å². The first-order valence-corrected chi connectivity index (χ1v) is 7.32. The molecule has 114 valence electrons. The highest BCUT2D eigenvalue weighted by Crippen LogP contribution is 2.21. The quantitative estimate of drug-likeness (QED) is 0.818. The van der Waals surface area contributed by atoms with Gasteiger partial charge in [0.05, 0.1) is 19.2 Å². The number of piperidine rings is 1. The average molecular weight is 293 g/mol. The van der Waals surface area contributed by atoms with Gasteiger partial charge in [-0.3, -0.25) is 4.90 Å². The highest BCUT2D eigenvalue weighted by molar-refractivity contribution is 5.15. The van der Waals surface area contributed by atoms with Crippen molar-refractivity contribution < 1.29 is 8.78 Å². The third kappa shape index (κ3) is 5.41. The molecule has 1 aliphatic rings. The smallest absolute Gasteiger partial charge is 0.250 e. The number of hydrogen-bond donors (Lipinski definition) is 1. The summed E-state index contributed by atoms with van der Waals surface area (Å²) < 4.78 is 24.7. The highest BCUT2D eigenvalue weighted by Gasteiger charge is 2.27. The molecule has 1 heterocycles. The second-order valence-corrected chi connectivity index (χ2v) is 5.64. The fourth-order valence-electron chi connectivity index (χ4n) is 3.03. The number of hydrogen-bond acceptors (Lipinski definition) is 3. The topological polar surface area (TPSA) is 39.1 Å². The van der Waals surface area contributed by atoms with Gasteiger partial charge in [-0.1, -0.05) is 30.3 Å². The summed E-state index contributed by atoms with van der Waals surface area (Å²) >= 11 is 0. The number of nitriles is 1. The van der Waals surface area contributed by atoms with Gasteiger partial charge in [-0.15, -0.1) is 0 Å². The Labute approximate surface area is 124 Å². The minimum Gasteiger partial charge on any atom is -0.307 e. The van der Waals surface area contributed by atoms with Crippen LogP contribution < -0.4 is 5.32 Å². The number of halogens is 2. The van der Waals surface area contributed by atoms with E-state index in [1.165, 1.54) is 5.56 Å². The third-order valence-electron chi connectivity index (χ3n) is 3.84. The van der Waals surface area contributed by atoms with Crippen LogP contribution in [0.15, 0.2) is 30.3 Å². The average Bonchev–Trinajstić information content (AvgIpc) is 2.46. The Morgan fingerprint density at radius 3 is 2.71 bits per heavy atom. The van der Waals surface area contributed by atoms with Gasteiger partial charge in [-0.2, -0.15) is 5.26 Å². The van der Waals surface area contributed by atoms with Gasteiger partial charge in [0.2, 0.25) is 0 Å². The Balaban J connectivity index is 1.94. The van der Waals surface area contributed by atoms with Gasteiger partial charge >= 0.3 is 0 Å². The van der Waals surface area contributed by atoms with Gasteiger partial charge in [0.1, 0.15) is 0 Å². The van der Waals surface area contributed by atoms with Crippen molar-refractivity contribution in [2.24, 2.45) is 5.92 Å². The van der Waals surface area contributed by atoms with Crippen LogP contribution in [0.3, 0.4) is 0 Å². The van der Waals surface area contributed by atoms with E-state index in [9.17, 15) is 8.78 Å². The molecule has 0 spiro atoms. The zero-order valence-electron chi connectivity index (χ0n) is 12.0. The van der Waals surface area contributed by atoms with E-state index in [0.29, 0.717) is 19.0 Å². The highest BCUT2D eigenvalue weighted by atomic mass is 19.3. The summed E-state index contributed by atoms with van der Waals surface area (Å²) in [6.45, 7) is 1.61. The van der Waals surface area contributed by atoms with E-state index in [0.717, 1.165) is 19.4 Å². The van der Waals surface area contributed by atoms with Crippen molar-refractivity contribution in [1.82, 2.24) is 10.2 Å². The molecule has 1 N–H and O–H groups in total. The first-order chi connectivity index (χ1) is 10.2. The fraction of sp³-hybridized carbons (Fsp3) is 0.562. The van der Waals surface area contributed by atoms with Crippen LogP contribution in [0.4, 0.5) is 8.78 Å². The molecule has 0 amide bonds. The third-order valence-corrected chi connectivity index (χ3v) is 3.84. The number of likely N-dealkylation sites (tertiary alicyclic amines) is 1. The Morgan fingerprint density at radius 2 is 2.05 bits per heavy atom. The molecule has 2 atom stereocenters. The Morgan fingerprint density at radius 1 is 1.29 bits per heavy atom. The monoisotopic (exact) mass is 293 g/mol. The molecular weight excluding hydrogens is 272 g/mol. The molecule has 2 rings (SSSR count). The second kappa shape index (κ2) is 8.06. The van der Waals surface area contributed by atoms with Gasteiger partial charge in [-0.05, 0) is 24.3 Å². The first kappa shape index (κ1) is 15.9. The lowest BCUT2D eigenvalue weighted by atomic mass is 9.88. The maximum Gasteiger partial charge on any atom is 0.250 e. The molecule has 1 aromatic rings. The summed E-state index contributed by atoms with van der Waals surface area (Å²) in [5.41, 5.74) is 1.26. The van der Waals surface area contributed by atoms with Gasteiger partial charge in [0.25, 0.3) is 6.43 Å². The van der Waals surface area contributed by atoms with Crippen LogP contribution in [0.25, 0.3) is 0 Å². The van der Waals surface area contributed by atoms with Crippen LogP contribution in [-0.2, 0) is 6.42 Å². The number of nitrogens with one attached hydrogen (secondary N) is 1. The SMILES string of the molecule is N#CCN1CC(Cc2ccccc2)CC(NCC(F)F)C1. The van der Waals surface area contributed by atoms with Crippen LogP contribution in [0.5, 0.6) is 0 Å². The fourth-order valence-corrected chi connectivity index (χ4v) is 3.03. The normalized spacial score (nSPS) is 23.1. The molecule has 2 unspecified atom stereocenters. The van der Waals surface area contributed by atoms with Crippen LogP contribution >= 0.6 is 0 Å². The van der Waals surface area contributed by atoms with E-state index in [2.05, 4.69) is 28.4 Å². The van der Waals surface area contributed by atoms with Crippen molar-refractivity contribution in [1.29, 1.82) is 5.26 Å². The molecule has 1 aromatic carbocycles. The molecular formula is C16H21F2N3. The molecule has 1 fully saturated rings. The maximum absolute atomic E-state index is 12.4. The van der Waals surface area contributed by atoms with Crippen molar-refractivity contribution in [3.8, 4) is 6.07 Å². The molecule has 1 aliphatic heterocycles. The molecule has 1 saturated heterocycles. The second-order valence-electron chi connectivity index (χ2n) is 5.64. The predicted octanol–water partition coefficient (Wildman–Crippen LogP) is 2.30. The van der Waals surface area contributed by atoms with E-state index in [1.807, 2.05) is 18.2 Å².